The molecule has 0 aliphatic carbocycles. The van der Waals surface area contributed by atoms with Crippen LogP contribution in [0.2, 0.25) is 5.02 Å². The monoisotopic (exact) mass is 355 g/mol. The number of halogens is 1. The Morgan fingerprint density at radius 2 is 2.12 bits per heavy atom. The fraction of sp³-hybridized carbons (Fsp3) is 0.158. The van der Waals surface area contributed by atoms with Crippen LogP contribution in [-0.2, 0) is 12.8 Å². The van der Waals surface area contributed by atoms with Gasteiger partial charge in [-0.3, -0.25) is 9.78 Å². The zero-order valence-electron chi connectivity index (χ0n) is 12.8. The lowest BCUT2D eigenvalue weighted by atomic mass is 10.1. The van der Waals surface area contributed by atoms with Crippen LogP contribution in [0.5, 0.6) is 5.75 Å². The van der Waals surface area contributed by atoms with Gasteiger partial charge in [-0.2, -0.15) is 0 Å². The van der Waals surface area contributed by atoms with E-state index in [1.165, 1.54) is 5.56 Å². The SMILES string of the molecule is O=C(Cc1cc2c(s1)-c1ncccc1OCC2)c1ccccc1Cl. The van der Waals surface area contributed by atoms with Crippen molar-refractivity contribution in [2.45, 2.75) is 12.8 Å². The number of nitrogens with zero attached hydrogens (tertiary/aromatic N) is 1. The summed E-state index contributed by atoms with van der Waals surface area (Å²) in [5.74, 6) is 0.844. The van der Waals surface area contributed by atoms with E-state index in [1.54, 1.807) is 29.7 Å². The number of rotatable bonds is 3. The quantitative estimate of drug-likeness (QED) is 0.632. The molecule has 24 heavy (non-hydrogen) atoms. The average molecular weight is 356 g/mol. The van der Waals surface area contributed by atoms with Crippen molar-refractivity contribution in [1.82, 2.24) is 4.98 Å². The van der Waals surface area contributed by atoms with Crippen molar-refractivity contribution in [2.75, 3.05) is 6.61 Å². The van der Waals surface area contributed by atoms with Gasteiger partial charge in [0.1, 0.15) is 11.4 Å². The molecular formula is C19H14ClNO2S. The highest BCUT2D eigenvalue weighted by Crippen LogP contribution is 2.39. The van der Waals surface area contributed by atoms with Gasteiger partial charge in [-0.25, -0.2) is 0 Å². The number of fused-ring (bicyclic) bond motifs is 3. The molecule has 0 amide bonds. The Morgan fingerprint density at radius 1 is 1.25 bits per heavy atom. The van der Waals surface area contributed by atoms with Crippen molar-refractivity contribution >= 4 is 28.7 Å². The molecule has 0 saturated heterocycles. The summed E-state index contributed by atoms with van der Waals surface area (Å²) in [5.41, 5.74) is 2.63. The maximum atomic E-state index is 12.5. The molecule has 4 rings (SSSR count). The molecule has 5 heteroatoms. The number of thiophene rings is 1. The van der Waals surface area contributed by atoms with E-state index in [9.17, 15) is 4.79 Å². The Kier molecular flexibility index (Phi) is 4.08. The topological polar surface area (TPSA) is 39.2 Å². The third kappa shape index (κ3) is 2.83. The summed E-state index contributed by atoms with van der Waals surface area (Å²) in [6.45, 7) is 0.625. The van der Waals surface area contributed by atoms with Gasteiger partial charge in [-0.05, 0) is 35.9 Å². The summed E-state index contributed by atoms with van der Waals surface area (Å²) in [6, 6.07) is 13.1. The minimum Gasteiger partial charge on any atom is -0.491 e. The molecule has 0 radical (unpaired) electrons. The second-order valence-corrected chi connectivity index (χ2v) is 7.14. The normalized spacial score (nSPS) is 12.7. The van der Waals surface area contributed by atoms with Crippen LogP contribution in [0.4, 0.5) is 0 Å². The van der Waals surface area contributed by atoms with Crippen molar-refractivity contribution in [1.29, 1.82) is 0 Å². The lowest BCUT2D eigenvalue weighted by Gasteiger charge is -2.05. The van der Waals surface area contributed by atoms with E-state index in [0.717, 1.165) is 27.6 Å². The fourth-order valence-electron chi connectivity index (χ4n) is 2.85. The summed E-state index contributed by atoms with van der Waals surface area (Å²) in [7, 11) is 0. The Hall–Kier alpha value is -2.17. The van der Waals surface area contributed by atoms with Crippen LogP contribution in [0.1, 0.15) is 20.8 Å². The molecule has 0 saturated carbocycles. The largest absolute Gasteiger partial charge is 0.491 e. The smallest absolute Gasteiger partial charge is 0.169 e. The standard InChI is InChI=1S/C19H14ClNO2S/c20-15-5-2-1-4-14(15)16(22)11-13-10-12-7-9-23-17-6-3-8-21-18(17)19(12)24-13/h1-6,8,10H,7,9,11H2. The number of benzene rings is 1. The van der Waals surface area contributed by atoms with Gasteiger partial charge < -0.3 is 4.74 Å². The molecule has 0 unspecified atom stereocenters. The first-order valence-corrected chi connectivity index (χ1v) is 8.89. The molecular weight excluding hydrogens is 342 g/mol. The van der Waals surface area contributed by atoms with Crippen LogP contribution in [0, 0.1) is 0 Å². The number of aromatic nitrogens is 1. The van der Waals surface area contributed by atoms with E-state index < -0.39 is 0 Å². The molecule has 3 aromatic rings. The van der Waals surface area contributed by atoms with E-state index in [1.807, 2.05) is 24.3 Å². The summed E-state index contributed by atoms with van der Waals surface area (Å²) in [5, 5.41) is 0.501. The van der Waals surface area contributed by atoms with Crippen LogP contribution in [0.25, 0.3) is 10.6 Å². The number of hydrogen-bond acceptors (Lipinski definition) is 4. The number of Topliss-reactive ketones (excluding diaryl/α,β-unsaturated/α-hetero) is 1. The predicted molar refractivity (Wildman–Crippen MR) is 96.2 cm³/mol. The van der Waals surface area contributed by atoms with Crippen LogP contribution >= 0.6 is 22.9 Å². The molecule has 0 N–H and O–H groups in total. The molecule has 0 atom stereocenters. The van der Waals surface area contributed by atoms with Gasteiger partial charge in [0.15, 0.2) is 5.78 Å². The van der Waals surface area contributed by atoms with Gasteiger partial charge in [-0.15, -0.1) is 11.3 Å². The molecule has 0 spiro atoms. The number of carbonyl (C=O) groups excluding carboxylic acids is 1. The first-order valence-electron chi connectivity index (χ1n) is 7.70. The summed E-state index contributed by atoms with van der Waals surface area (Å²) >= 11 is 7.74. The second-order valence-electron chi connectivity index (χ2n) is 5.60. The molecule has 3 nitrogen and oxygen atoms in total. The summed E-state index contributed by atoms with van der Waals surface area (Å²) in [6.07, 6.45) is 2.94. The molecule has 2 aromatic heterocycles. The van der Waals surface area contributed by atoms with Crippen LogP contribution in [0.3, 0.4) is 0 Å². The number of ether oxygens (including phenoxy) is 1. The number of carbonyl (C=O) groups is 1. The molecule has 3 heterocycles. The molecule has 1 aromatic carbocycles. The minimum absolute atomic E-state index is 0.0366. The molecule has 120 valence electrons. The molecule has 0 bridgehead atoms. The van der Waals surface area contributed by atoms with Gasteiger partial charge in [-0.1, -0.05) is 23.7 Å². The van der Waals surface area contributed by atoms with E-state index >= 15 is 0 Å². The fourth-order valence-corrected chi connectivity index (χ4v) is 4.30. The average Bonchev–Trinajstić information content (AvgIpc) is 2.90. The Labute approximate surface area is 148 Å². The summed E-state index contributed by atoms with van der Waals surface area (Å²) in [4.78, 5) is 19.1. The van der Waals surface area contributed by atoms with E-state index in [4.69, 9.17) is 16.3 Å². The van der Waals surface area contributed by atoms with Crippen molar-refractivity contribution < 1.29 is 9.53 Å². The molecule has 1 aliphatic rings. The number of pyridine rings is 1. The van der Waals surface area contributed by atoms with Gasteiger partial charge in [0.2, 0.25) is 0 Å². The zero-order chi connectivity index (χ0) is 16.5. The molecule has 1 aliphatic heterocycles. The van der Waals surface area contributed by atoms with Crippen molar-refractivity contribution in [3.63, 3.8) is 0 Å². The first kappa shape index (κ1) is 15.4. The highest BCUT2D eigenvalue weighted by Gasteiger charge is 2.21. The highest BCUT2D eigenvalue weighted by molar-refractivity contribution is 7.15. The minimum atomic E-state index is 0.0366. The Morgan fingerprint density at radius 3 is 3.00 bits per heavy atom. The van der Waals surface area contributed by atoms with Crippen LogP contribution < -0.4 is 4.74 Å². The van der Waals surface area contributed by atoms with Crippen molar-refractivity contribution in [3.05, 3.63) is 69.7 Å². The van der Waals surface area contributed by atoms with E-state index in [2.05, 4.69) is 11.1 Å². The van der Waals surface area contributed by atoms with Crippen LogP contribution in [0.15, 0.2) is 48.7 Å². The number of hydrogen-bond donors (Lipinski definition) is 0. The van der Waals surface area contributed by atoms with Crippen molar-refractivity contribution in [2.24, 2.45) is 0 Å². The molecule has 0 fully saturated rings. The lowest BCUT2D eigenvalue weighted by molar-refractivity contribution is 0.0994. The van der Waals surface area contributed by atoms with Gasteiger partial charge in [0.25, 0.3) is 0 Å². The maximum Gasteiger partial charge on any atom is 0.169 e. The van der Waals surface area contributed by atoms with Gasteiger partial charge >= 0.3 is 0 Å². The van der Waals surface area contributed by atoms with E-state index in [-0.39, 0.29) is 5.78 Å². The maximum absolute atomic E-state index is 12.5. The first-order chi connectivity index (χ1) is 11.7. The third-order valence-corrected chi connectivity index (χ3v) is 5.50. The Bertz CT molecular complexity index is 919. The zero-order valence-corrected chi connectivity index (χ0v) is 14.4. The third-order valence-electron chi connectivity index (χ3n) is 3.98. The summed E-state index contributed by atoms with van der Waals surface area (Å²) < 4.78 is 5.76. The van der Waals surface area contributed by atoms with Crippen molar-refractivity contribution in [3.8, 4) is 16.3 Å². The van der Waals surface area contributed by atoms with Gasteiger partial charge in [0.05, 0.1) is 16.5 Å². The van der Waals surface area contributed by atoms with E-state index in [0.29, 0.717) is 23.6 Å². The second kappa shape index (κ2) is 6.38. The lowest BCUT2D eigenvalue weighted by Crippen LogP contribution is -2.03. The van der Waals surface area contributed by atoms with Gasteiger partial charge in [0, 0.05) is 29.5 Å². The number of ketones is 1. The highest BCUT2D eigenvalue weighted by atomic mass is 35.5. The predicted octanol–water partition coefficient (Wildman–Crippen LogP) is 4.82. The van der Waals surface area contributed by atoms with Crippen LogP contribution in [-0.4, -0.2) is 17.4 Å². The Balaban J connectivity index is 1.67.